The van der Waals surface area contributed by atoms with Crippen molar-refractivity contribution in [1.82, 2.24) is 15.6 Å². The van der Waals surface area contributed by atoms with Crippen LogP contribution in [0.1, 0.15) is 79.3 Å². The summed E-state index contributed by atoms with van der Waals surface area (Å²) in [6, 6.07) is 5.41. The minimum absolute atomic E-state index is 0.0389. The lowest BCUT2D eigenvalue weighted by molar-refractivity contribution is -0.123. The second-order valence-corrected chi connectivity index (χ2v) is 13.2. The first kappa shape index (κ1) is 26.5. The molecular weight excluding hydrogens is 552 g/mol. The molecule has 2 fully saturated rings. The Hall–Kier alpha value is -2.13. The Balaban J connectivity index is 1.20. The van der Waals surface area contributed by atoms with Gasteiger partial charge in [0.1, 0.15) is 18.3 Å². The zero-order valence-corrected chi connectivity index (χ0v) is 24.0. The molecule has 200 valence electrons. The highest BCUT2D eigenvalue weighted by Gasteiger charge is 2.32. The smallest absolute Gasteiger partial charge is 0.262 e. The molecule has 3 aliphatic rings. The molecule has 0 bridgehead atoms. The summed E-state index contributed by atoms with van der Waals surface area (Å²) in [4.78, 5) is 34.7. The van der Waals surface area contributed by atoms with Crippen LogP contribution < -0.4 is 20.3 Å². The number of aromatic nitrogens is 1. The van der Waals surface area contributed by atoms with Gasteiger partial charge in [-0.3, -0.25) is 9.59 Å². The zero-order valence-electron chi connectivity index (χ0n) is 21.6. The van der Waals surface area contributed by atoms with E-state index in [2.05, 4.69) is 43.4 Å². The molecule has 37 heavy (non-hydrogen) atoms. The summed E-state index contributed by atoms with van der Waals surface area (Å²) >= 11 is 4.98. The van der Waals surface area contributed by atoms with E-state index in [-0.39, 0.29) is 11.8 Å². The first-order chi connectivity index (χ1) is 17.9. The molecule has 1 atom stereocenters. The number of fused-ring (bicyclic) bond motifs is 1. The number of ether oxygens (including phenoxy) is 1. The van der Waals surface area contributed by atoms with Crippen LogP contribution in [-0.2, 0) is 11.3 Å². The number of carbonyl (C=O) groups is 2. The van der Waals surface area contributed by atoms with Crippen LogP contribution >= 0.6 is 27.3 Å². The lowest BCUT2D eigenvalue weighted by atomic mass is 9.68. The van der Waals surface area contributed by atoms with E-state index in [1.54, 1.807) is 6.20 Å². The molecule has 2 N–H and O–H groups in total. The SMILES string of the molecule is CC1(CCNC(=O)[C@H](CC2CCCC2)NC(=O)c2ccc(CN3CCOc4ncc(Br)cc43)s2)CCC1. The molecule has 1 aliphatic heterocycles. The van der Waals surface area contributed by atoms with E-state index in [9.17, 15) is 9.59 Å². The number of halogens is 1. The quantitative estimate of drug-likeness (QED) is 0.373. The first-order valence-corrected chi connectivity index (χ1v) is 15.2. The summed E-state index contributed by atoms with van der Waals surface area (Å²) in [7, 11) is 0. The number of nitrogens with zero attached hydrogens (tertiary/aromatic N) is 2. The highest BCUT2D eigenvalue weighted by Crippen LogP contribution is 2.42. The Kier molecular flexibility index (Phi) is 8.39. The lowest BCUT2D eigenvalue weighted by Crippen LogP contribution is -2.48. The third kappa shape index (κ3) is 6.66. The second-order valence-electron chi connectivity index (χ2n) is 11.1. The van der Waals surface area contributed by atoms with Crippen LogP contribution in [0.25, 0.3) is 0 Å². The maximum absolute atomic E-state index is 13.2. The van der Waals surface area contributed by atoms with Gasteiger partial charge >= 0.3 is 0 Å². The molecule has 0 spiro atoms. The number of hydrogen-bond donors (Lipinski definition) is 2. The van der Waals surface area contributed by atoms with Crippen LogP contribution in [0.3, 0.4) is 0 Å². The fourth-order valence-electron chi connectivity index (χ4n) is 5.75. The predicted octanol–water partition coefficient (Wildman–Crippen LogP) is 5.68. The van der Waals surface area contributed by atoms with Gasteiger partial charge < -0.3 is 20.3 Å². The Morgan fingerprint density at radius 1 is 1.27 bits per heavy atom. The van der Waals surface area contributed by atoms with Gasteiger partial charge in [-0.25, -0.2) is 4.98 Å². The normalized spacial score (nSPS) is 19.5. The number of hydrogen-bond acceptors (Lipinski definition) is 6. The second kappa shape index (κ2) is 11.7. The van der Waals surface area contributed by atoms with Crippen LogP contribution in [0.4, 0.5) is 5.69 Å². The molecule has 0 unspecified atom stereocenters. The molecule has 0 aromatic carbocycles. The van der Waals surface area contributed by atoms with Gasteiger partial charge in [0.05, 0.1) is 18.0 Å². The Morgan fingerprint density at radius 3 is 2.84 bits per heavy atom. The van der Waals surface area contributed by atoms with Gasteiger partial charge in [0, 0.05) is 22.1 Å². The summed E-state index contributed by atoms with van der Waals surface area (Å²) < 4.78 is 6.60. The van der Waals surface area contributed by atoms with Gasteiger partial charge in [0.15, 0.2) is 0 Å². The van der Waals surface area contributed by atoms with E-state index in [0.29, 0.717) is 41.8 Å². The number of nitrogens with one attached hydrogen (secondary N) is 2. The molecule has 3 heterocycles. The third-order valence-corrected chi connectivity index (χ3v) is 9.73. The van der Waals surface area contributed by atoms with Crippen LogP contribution in [0.5, 0.6) is 5.88 Å². The van der Waals surface area contributed by atoms with Crippen molar-refractivity contribution in [3.8, 4) is 5.88 Å². The van der Waals surface area contributed by atoms with Gasteiger partial charge in [0.25, 0.3) is 5.91 Å². The van der Waals surface area contributed by atoms with E-state index < -0.39 is 6.04 Å². The number of anilines is 1. The monoisotopic (exact) mass is 588 g/mol. The van der Waals surface area contributed by atoms with E-state index >= 15 is 0 Å². The van der Waals surface area contributed by atoms with E-state index in [1.165, 1.54) is 43.4 Å². The minimum Gasteiger partial charge on any atom is -0.474 e. The summed E-state index contributed by atoms with van der Waals surface area (Å²) in [5.41, 5.74) is 1.32. The van der Waals surface area contributed by atoms with Crippen LogP contribution in [0.2, 0.25) is 0 Å². The molecule has 0 radical (unpaired) electrons. The molecule has 9 heteroatoms. The van der Waals surface area contributed by atoms with Crippen molar-refractivity contribution in [2.24, 2.45) is 11.3 Å². The van der Waals surface area contributed by atoms with Crippen molar-refractivity contribution < 1.29 is 14.3 Å². The topological polar surface area (TPSA) is 83.6 Å². The van der Waals surface area contributed by atoms with Crippen LogP contribution in [-0.4, -0.2) is 42.5 Å². The molecule has 5 rings (SSSR count). The van der Waals surface area contributed by atoms with Crippen LogP contribution in [0, 0.1) is 11.3 Å². The highest BCUT2D eigenvalue weighted by atomic mass is 79.9. The van der Waals surface area contributed by atoms with Crippen molar-refractivity contribution in [3.63, 3.8) is 0 Å². The van der Waals surface area contributed by atoms with Crippen molar-refractivity contribution in [2.45, 2.75) is 77.3 Å². The van der Waals surface area contributed by atoms with E-state index in [4.69, 9.17) is 4.74 Å². The molecule has 2 aliphatic carbocycles. The minimum atomic E-state index is -0.482. The average molecular weight is 590 g/mol. The van der Waals surface area contributed by atoms with Crippen molar-refractivity contribution in [2.75, 3.05) is 24.6 Å². The summed E-state index contributed by atoms with van der Waals surface area (Å²) in [5.74, 6) is 0.944. The number of pyridine rings is 1. The first-order valence-electron chi connectivity index (χ1n) is 13.6. The van der Waals surface area contributed by atoms with Gasteiger partial charge in [-0.1, -0.05) is 39.0 Å². The van der Waals surface area contributed by atoms with Crippen molar-refractivity contribution in [1.29, 1.82) is 0 Å². The molecule has 2 aromatic heterocycles. The molecule has 2 amide bonds. The molecule has 7 nitrogen and oxygen atoms in total. The molecule has 2 aromatic rings. The average Bonchev–Trinajstić information content (AvgIpc) is 3.55. The molecular formula is C28H37BrN4O3S. The highest BCUT2D eigenvalue weighted by molar-refractivity contribution is 9.10. The number of carbonyl (C=O) groups excluding carboxylic acids is 2. The number of amides is 2. The zero-order chi connectivity index (χ0) is 25.8. The Labute approximate surface area is 231 Å². The largest absolute Gasteiger partial charge is 0.474 e. The Morgan fingerprint density at radius 2 is 2.08 bits per heavy atom. The van der Waals surface area contributed by atoms with Gasteiger partial charge in [-0.15, -0.1) is 11.3 Å². The summed E-state index contributed by atoms with van der Waals surface area (Å²) in [6.45, 7) is 5.00. The summed E-state index contributed by atoms with van der Waals surface area (Å²) in [6.07, 6.45) is 12.0. The number of thiophene rings is 1. The standard InChI is InChI=1S/C28H37BrN4O3S/c1-28(9-4-10-28)11-12-30-25(34)22(15-19-5-2-3-6-19)32-26(35)24-8-7-21(37-24)18-33-13-14-36-27-23(33)16-20(29)17-31-27/h7-8,16-17,19,22H,2-6,9-15,18H2,1H3,(H,30,34)(H,32,35)/t22-/m0/s1. The van der Waals surface area contributed by atoms with Gasteiger partial charge in [-0.05, 0) is 71.1 Å². The molecule has 0 saturated heterocycles. The fraction of sp³-hybridized carbons (Fsp3) is 0.607. The predicted molar refractivity (Wildman–Crippen MR) is 150 cm³/mol. The van der Waals surface area contributed by atoms with Crippen LogP contribution in [0.15, 0.2) is 28.9 Å². The van der Waals surface area contributed by atoms with Gasteiger partial charge in [-0.2, -0.15) is 0 Å². The summed E-state index contributed by atoms with van der Waals surface area (Å²) in [5, 5.41) is 6.22. The third-order valence-electron chi connectivity index (χ3n) is 8.23. The number of rotatable bonds is 10. The maximum atomic E-state index is 13.2. The fourth-order valence-corrected chi connectivity index (χ4v) is 6.99. The Bertz CT molecular complexity index is 1110. The van der Waals surface area contributed by atoms with E-state index in [0.717, 1.165) is 47.3 Å². The van der Waals surface area contributed by atoms with E-state index in [1.807, 2.05) is 18.2 Å². The molecule has 2 saturated carbocycles. The lowest BCUT2D eigenvalue weighted by Gasteiger charge is -2.38. The van der Waals surface area contributed by atoms with Gasteiger partial charge in [0.2, 0.25) is 11.8 Å². The maximum Gasteiger partial charge on any atom is 0.262 e. The van der Waals surface area contributed by atoms with Crippen molar-refractivity contribution in [3.05, 3.63) is 38.6 Å². The van der Waals surface area contributed by atoms with Crippen molar-refractivity contribution >= 4 is 44.8 Å².